The van der Waals surface area contributed by atoms with Crippen LogP contribution in [0.4, 0.5) is 0 Å². The molecule has 0 bridgehead atoms. The average Bonchev–Trinajstić information content (AvgIpc) is 2.62. The van der Waals surface area contributed by atoms with E-state index in [1.807, 2.05) is 19.9 Å². The van der Waals surface area contributed by atoms with Crippen LogP contribution in [0.15, 0.2) is 18.2 Å². The summed E-state index contributed by atoms with van der Waals surface area (Å²) in [4.78, 5) is 0. The van der Waals surface area contributed by atoms with E-state index in [-0.39, 0.29) is 6.61 Å². The van der Waals surface area contributed by atoms with Gasteiger partial charge in [-0.05, 0) is 18.2 Å². The fourth-order valence-corrected chi connectivity index (χ4v) is 3.17. The molecule has 2 heterocycles. The fourth-order valence-electron chi connectivity index (χ4n) is 3.17. The van der Waals surface area contributed by atoms with Crippen molar-refractivity contribution in [2.45, 2.75) is 26.8 Å². The molecule has 1 fully saturated rings. The van der Waals surface area contributed by atoms with Crippen LogP contribution in [-0.2, 0) is 11.3 Å². The number of aliphatic hydroxyl groups is 1. The van der Waals surface area contributed by atoms with Crippen molar-refractivity contribution in [3.05, 3.63) is 23.8 Å². The van der Waals surface area contributed by atoms with E-state index in [2.05, 4.69) is 12.1 Å². The lowest BCUT2D eigenvalue weighted by Gasteiger charge is -2.41. The maximum atomic E-state index is 9.16. The number of morpholine rings is 1. The summed E-state index contributed by atoms with van der Waals surface area (Å²) in [6.45, 7) is 11.1. The highest BCUT2D eigenvalue weighted by Crippen LogP contribution is 2.32. The van der Waals surface area contributed by atoms with Gasteiger partial charge in [0.05, 0.1) is 19.8 Å². The zero-order chi connectivity index (χ0) is 16.5. The SMILES string of the molecule is CC.OCCC[N+]1(Cc2ccc3c(c2)OCCO3)CCOCC1. The Morgan fingerprint density at radius 1 is 1.00 bits per heavy atom. The molecule has 2 aliphatic rings. The van der Waals surface area contributed by atoms with E-state index in [4.69, 9.17) is 19.3 Å². The summed E-state index contributed by atoms with van der Waals surface area (Å²) < 4.78 is 17.7. The van der Waals surface area contributed by atoms with Gasteiger partial charge in [0, 0.05) is 18.6 Å². The van der Waals surface area contributed by atoms with E-state index in [1.54, 1.807) is 0 Å². The van der Waals surface area contributed by atoms with Crippen LogP contribution in [0.3, 0.4) is 0 Å². The van der Waals surface area contributed by atoms with Gasteiger partial charge in [-0.1, -0.05) is 13.8 Å². The molecule has 1 aromatic carbocycles. The number of rotatable bonds is 5. The first-order valence-corrected chi connectivity index (χ1v) is 8.74. The largest absolute Gasteiger partial charge is 0.486 e. The van der Waals surface area contributed by atoms with Crippen molar-refractivity contribution in [3.8, 4) is 11.5 Å². The smallest absolute Gasteiger partial charge is 0.161 e. The van der Waals surface area contributed by atoms with Gasteiger partial charge in [-0.25, -0.2) is 0 Å². The molecule has 0 atom stereocenters. The molecule has 1 saturated heterocycles. The van der Waals surface area contributed by atoms with Crippen LogP contribution in [0.2, 0.25) is 0 Å². The van der Waals surface area contributed by atoms with Crippen LogP contribution < -0.4 is 9.47 Å². The van der Waals surface area contributed by atoms with Crippen molar-refractivity contribution in [3.63, 3.8) is 0 Å². The summed E-state index contributed by atoms with van der Waals surface area (Å²) in [6, 6.07) is 6.23. The van der Waals surface area contributed by atoms with E-state index in [0.717, 1.165) is 61.8 Å². The first kappa shape index (κ1) is 18.0. The number of quaternary nitrogens is 1. The molecular formula is C18H30NO4+. The van der Waals surface area contributed by atoms with Crippen molar-refractivity contribution < 1.29 is 23.8 Å². The maximum absolute atomic E-state index is 9.16. The van der Waals surface area contributed by atoms with Crippen molar-refractivity contribution in [1.29, 1.82) is 0 Å². The van der Waals surface area contributed by atoms with Crippen molar-refractivity contribution in [2.24, 2.45) is 0 Å². The van der Waals surface area contributed by atoms with Gasteiger partial charge < -0.3 is 23.8 Å². The van der Waals surface area contributed by atoms with Gasteiger partial charge in [0.1, 0.15) is 32.8 Å². The lowest BCUT2D eigenvalue weighted by atomic mass is 10.1. The minimum Gasteiger partial charge on any atom is -0.486 e. The molecule has 23 heavy (non-hydrogen) atoms. The van der Waals surface area contributed by atoms with Crippen LogP contribution in [0.1, 0.15) is 25.8 Å². The summed E-state index contributed by atoms with van der Waals surface area (Å²) in [6.07, 6.45) is 0.838. The molecule has 0 aliphatic carbocycles. The third kappa shape index (κ3) is 4.83. The third-order valence-electron chi connectivity index (χ3n) is 4.34. The second-order valence-electron chi connectivity index (χ2n) is 5.84. The first-order chi connectivity index (χ1) is 11.3. The third-order valence-corrected chi connectivity index (χ3v) is 4.34. The Morgan fingerprint density at radius 3 is 2.39 bits per heavy atom. The molecule has 0 spiro atoms. The lowest BCUT2D eigenvalue weighted by molar-refractivity contribution is -0.947. The highest BCUT2D eigenvalue weighted by atomic mass is 16.6. The monoisotopic (exact) mass is 324 g/mol. The molecule has 5 heteroatoms. The standard InChI is InChI=1S/C16H24NO4.C2H6/c18-7-1-4-17(5-8-19-9-6-17)13-14-2-3-15-16(12-14)21-11-10-20-15;1-2/h2-3,12,18H,1,4-11,13H2;1-2H3/q+1;. The quantitative estimate of drug-likeness (QED) is 0.844. The van der Waals surface area contributed by atoms with E-state index in [0.29, 0.717) is 13.2 Å². The van der Waals surface area contributed by atoms with Gasteiger partial charge in [0.25, 0.3) is 0 Å². The molecule has 1 aromatic rings. The van der Waals surface area contributed by atoms with Crippen LogP contribution >= 0.6 is 0 Å². The molecule has 5 nitrogen and oxygen atoms in total. The summed E-state index contributed by atoms with van der Waals surface area (Å²) >= 11 is 0. The van der Waals surface area contributed by atoms with Gasteiger partial charge in [-0.3, -0.25) is 0 Å². The van der Waals surface area contributed by atoms with E-state index in [1.165, 1.54) is 5.56 Å². The van der Waals surface area contributed by atoms with Crippen LogP contribution in [-0.4, -0.2) is 62.3 Å². The Kier molecular flexibility index (Phi) is 7.15. The van der Waals surface area contributed by atoms with Gasteiger partial charge in [-0.2, -0.15) is 0 Å². The van der Waals surface area contributed by atoms with Gasteiger partial charge in [-0.15, -0.1) is 0 Å². The number of aliphatic hydroxyl groups excluding tert-OH is 1. The van der Waals surface area contributed by atoms with E-state index < -0.39 is 0 Å². The summed E-state index contributed by atoms with van der Waals surface area (Å²) in [5, 5.41) is 9.16. The number of benzene rings is 1. The summed E-state index contributed by atoms with van der Waals surface area (Å²) in [5.74, 6) is 1.70. The molecular weight excluding hydrogens is 294 g/mol. The number of hydrogen-bond donors (Lipinski definition) is 1. The van der Waals surface area contributed by atoms with Crippen LogP contribution in [0.5, 0.6) is 11.5 Å². The predicted molar refractivity (Wildman–Crippen MR) is 89.9 cm³/mol. The summed E-state index contributed by atoms with van der Waals surface area (Å²) in [5.41, 5.74) is 1.26. The molecule has 0 radical (unpaired) electrons. The van der Waals surface area contributed by atoms with Crippen LogP contribution in [0, 0.1) is 0 Å². The maximum Gasteiger partial charge on any atom is 0.161 e. The zero-order valence-corrected chi connectivity index (χ0v) is 14.4. The Morgan fingerprint density at radius 2 is 1.70 bits per heavy atom. The highest BCUT2D eigenvalue weighted by Gasteiger charge is 2.30. The molecule has 3 rings (SSSR count). The van der Waals surface area contributed by atoms with Crippen molar-refractivity contribution in [2.75, 3.05) is 52.7 Å². The molecule has 0 saturated carbocycles. The topological polar surface area (TPSA) is 47.9 Å². The average molecular weight is 324 g/mol. The summed E-state index contributed by atoms with van der Waals surface area (Å²) in [7, 11) is 0. The Bertz CT molecular complexity index is 472. The van der Waals surface area contributed by atoms with Crippen LogP contribution in [0.25, 0.3) is 0 Å². The lowest BCUT2D eigenvalue weighted by Crippen LogP contribution is -2.55. The van der Waals surface area contributed by atoms with Gasteiger partial charge in [0.2, 0.25) is 0 Å². The first-order valence-electron chi connectivity index (χ1n) is 8.74. The molecule has 2 aliphatic heterocycles. The van der Waals surface area contributed by atoms with Crippen molar-refractivity contribution >= 4 is 0 Å². The highest BCUT2D eigenvalue weighted by molar-refractivity contribution is 5.43. The van der Waals surface area contributed by atoms with Gasteiger partial charge >= 0.3 is 0 Å². The van der Waals surface area contributed by atoms with E-state index >= 15 is 0 Å². The second kappa shape index (κ2) is 9.11. The Balaban J connectivity index is 0.000000924. The number of nitrogens with zero attached hydrogens (tertiary/aromatic N) is 1. The predicted octanol–water partition coefficient (Wildman–Crippen LogP) is 2.21. The molecule has 0 aromatic heterocycles. The normalized spacial score (nSPS) is 18.7. The molecule has 130 valence electrons. The fraction of sp³-hybridized carbons (Fsp3) is 0.667. The molecule has 1 N–H and O–H groups in total. The minimum atomic E-state index is 0.252. The number of fused-ring (bicyclic) bond motifs is 1. The zero-order valence-electron chi connectivity index (χ0n) is 14.4. The Hall–Kier alpha value is -1.30. The second-order valence-corrected chi connectivity index (χ2v) is 5.84. The number of hydrogen-bond acceptors (Lipinski definition) is 4. The van der Waals surface area contributed by atoms with Gasteiger partial charge in [0.15, 0.2) is 11.5 Å². The molecule has 0 unspecified atom stereocenters. The molecule has 0 amide bonds. The Labute approximate surface area is 139 Å². The van der Waals surface area contributed by atoms with Crippen molar-refractivity contribution in [1.82, 2.24) is 0 Å². The minimum absolute atomic E-state index is 0.252. The number of ether oxygens (including phenoxy) is 3. The van der Waals surface area contributed by atoms with E-state index in [9.17, 15) is 0 Å².